The summed E-state index contributed by atoms with van der Waals surface area (Å²) in [4.78, 5) is 2.55. The lowest BCUT2D eigenvalue weighted by Gasteiger charge is -2.42. The molecule has 37 heavy (non-hydrogen) atoms. The molecule has 0 amide bonds. The molecule has 3 nitrogen and oxygen atoms in total. The van der Waals surface area contributed by atoms with Gasteiger partial charge in [-0.3, -0.25) is 0 Å². The Morgan fingerprint density at radius 2 is 1.27 bits per heavy atom. The topological polar surface area (TPSA) is 43.7 Å². The van der Waals surface area contributed by atoms with Crippen molar-refractivity contribution in [2.24, 2.45) is 5.92 Å². The monoisotopic (exact) mass is 499 g/mol. The summed E-state index contributed by atoms with van der Waals surface area (Å²) in [5, 5.41) is 22.7. The summed E-state index contributed by atoms with van der Waals surface area (Å²) in [6.07, 6.45) is 5.75. The average Bonchev–Trinajstić information content (AvgIpc) is 2.93. The van der Waals surface area contributed by atoms with E-state index in [-0.39, 0.29) is 17.4 Å². The molecule has 0 aromatic heterocycles. The SMILES string of the molecule is CC(C)(C)c1ccc(C(O)CCCCCN2CCC(C(O)(c3ccccc3)c3ccccc3)CC2)cc1. The molecule has 1 aliphatic rings. The number of aliphatic hydroxyl groups is 2. The van der Waals surface area contributed by atoms with Crippen LogP contribution in [0.25, 0.3) is 0 Å². The zero-order chi connectivity index (χ0) is 26.3. The number of aliphatic hydroxyl groups excluding tert-OH is 1. The number of piperidine rings is 1. The summed E-state index contributed by atoms with van der Waals surface area (Å²) < 4.78 is 0. The molecule has 0 radical (unpaired) electrons. The average molecular weight is 500 g/mol. The number of hydrogen-bond acceptors (Lipinski definition) is 3. The predicted octanol–water partition coefficient (Wildman–Crippen LogP) is 7.23. The van der Waals surface area contributed by atoms with Crippen molar-refractivity contribution in [3.8, 4) is 0 Å². The Kier molecular flexibility index (Phi) is 9.23. The Hall–Kier alpha value is -2.46. The van der Waals surface area contributed by atoms with E-state index in [9.17, 15) is 10.2 Å². The van der Waals surface area contributed by atoms with E-state index in [2.05, 4.69) is 74.2 Å². The lowest BCUT2D eigenvalue weighted by atomic mass is 9.72. The van der Waals surface area contributed by atoms with E-state index in [1.807, 2.05) is 36.4 Å². The van der Waals surface area contributed by atoms with E-state index in [0.29, 0.717) is 0 Å². The van der Waals surface area contributed by atoms with Gasteiger partial charge in [0.1, 0.15) is 5.60 Å². The molecule has 2 N–H and O–H groups in total. The molecule has 1 unspecified atom stereocenters. The van der Waals surface area contributed by atoms with Crippen molar-refractivity contribution in [1.29, 1.82) is 0 Å². The van der Waals surface area contributed by atoms with Gasteiger partial charge in [-0.25, -0.2) is 0 Å². The van der Waals surface area contributed by atoms with Crippen molar-refractivity contribution in [1.82, 2.24) is 4.90 Å². The summed E-state index contributed by atoms with van der Waals surface area (Å²) in [5.41, 5.74) is 3.50. The van der Waals surface area contributed by atoms with Gasteiger partial charge in [0.2, 0.25) is 0 Å². The molecule has 3 heteroatoms. The van der Waals surface area contributed by atoms with Gasteiger partial charge < -0.3 is 15.1 Å². The Morgan fingerprint density at radius 1 is 0.730 bits per heavy atom. The second kappa shape index (κ2) is 12.4. The number of unbranched alkanes of at least 4 members (excludes halogenated alkanes) is 2. The van der Waals surface area contributed by atoms with E-state index in [4.69, 9.17) is 0 Å². The first-order chi connectivity index (χ1) is 17.8. The van der Waals surface area contributed by atoms with E-state index in [1.54, 1.807) is 0 Å². The van der Waals surface area contributed by atoms with E-state index in [1.165, 1.54) is 5.56 Å². The summed E-state index contributed by atoms with van der Waals surface area (Å²) >= 11 is 0. The fourth-order valence-corrected chi connectivity index (χ4v) is 5.82. The Bertz CT molecular complexity index is 1020. The van der Waals surface area contributed by atoms with Crippen LogP contribution < -0.4 is 0 Å². The highest BCUT2D eigenvalue weighted by atomic mass is 16.3. The maximum absolute atomic E-state index is 12.1. The third-order valence-corrected chi connectivity index (χ3v) is 8.22. The van der Waals surface area contributed by atoms with Crippen LogP contribution in [0.1, 0.15) is 87.7 Å². The highest BCUT2D eigenvalue weighted by molar-refractivity contribution is 5.37. The quantitative estimate of drug-likeness (QED) is 0.289. The van der Waals surface area contributed by atoms with Crippen LogP contribution in [0.5, 0.6) is 0 Å². The Labute approximate surface area is 224 Å². The van der Waals surface area contributed by atoms with Gasteiger partial charge in [-0.15, -0.1) is 0 Å². The minimum Gasteiger partial charge on any atom is -0.388 e. The first kappa shape index (κ1) is 27.6. The van der Waals surface area contributed by atoms with Gasteiger partial charge >= 0.3 is 0 Å². The van der Waals surface area contributed by atoms with Gasteiger partial charge in [0.05, 0.1) is 6.10 Å². The third-order valence-electron chi connectivity index (χ3n) is 8.22. The molecule has 3 aromatic carbocycles. The second-order valence-electron chi connectivity index (χ2n) is 11.9. The van der Waals surface area contributed by atoms with Crippen LogP contribution in [0, 0.1) is 5.92 Å². The van der Waals surface area contributed by atoms with Crippen molar-refractivity contribution < 1.29 is 10.2 Å². The molecule has 0 saturated carbocycles. The smallest absolute Gasteiger partial charge is 0.117 e. The van der Waals surface area contributed by atoms with E-state index < -0.39 is 5.60 Å². The molecular formula is C34H45NO2. The third kappa shape index (κ3) is 6.90. The standard InChI is InChI=1S/C34H45NO2/c1-33(2,3)28-20-18-27(19-21-28)32(36)17-11-6-12-24-35-25-22-31(23-26-35)34(37,29-13-7-4-8-14-29)30-15-9-5-10-16-30/h4-5,7-10,13-16,18-21,31-32,36-37H,6,11-12,17,22-26H2,1-3H3. The van der Waals surface area contributed by atoms with Crippen LogP contribution in [0.15, 0.2) is 84.9 Å². The predicted molar refractivity (Wildman–Crippen MR) is 154 cm³/mol. The lowest BCUT2D eigenvalue weighted by Crippen LogP contribution is -2.44. The highest BCUT2D eigenvalue weighted by Crippen LogP contribution is 2.42. The van der Waals surface area contributed by atoms with Crippen molar-refractivity contribution in [3.05, 3.63) is 107 Å². The van der Waals surface area contributed by atoms with Crippen molar-refractivity contribution in [2.75, 3.05) is 19.6 Å². The second-order valence-corrected chi connectivity index (χ2v) is 11.9. The fourth-order valence-electron chi connectivity index (χ4n) is 5.82. The van der Waals surface area contributed by atoms with Crippen LogP contribution in [-0.4, -0.2) is 34.7 Å². The maximum atomic E-state index is 12.1. The number of nitrogens with zero attached hydrogens (tertiary/aromatic N) is 1. The first-order valence-corrected chi connectivity index (χ1v) is 14.1. The zero-order valence-electron chi connectivity index (χ0n) is 22.9. The number of hydrogen-bond donors (Lipinski definition) is 2. The molecule has 0 spiro atoms. The van der Waals surface area contributed by atoms with Gasteiger partial charge in [0.25, 0.3) is 0 Å². The molecule has 3 aromatic rings. The van der Waals surface area contributed by atoms with Crippen LogP contribution in [-0.2, 0) is 11.0 Å². The number of benzene rings is 3. The Balaban J connectivity index is 1.22. The summed E-state index contributed by atoms with van der Waals surface area (Å²) in [5.74, 6) is 0.202. The van der Waals surface area contributed by atoms with Crippen molar-refractivity contribution in [3.63, 3.8) is 0 Å². The molecule has 1 atom stereocenters. The number of rotatable bonds is 10. The highest BCUT2D eigenvalue weighted by Gasteiger charge is 2.41. The molecule has 4 rings (SSSR count). The lowest BCUT2D eigenvalue weighted by molar-refractivity contribution is -0.0143. The minimum atomic E-state index is -0.949. The minimum absolute atomic E-state index is 0.139. The molecular weight excluding hydrogens is 454 g/mol. The van der Waals surface area contributed by atoms with E-state index >= 15 is 0 Å². The van der Waals surface area contributed by atoms with Crippen LogP contribution in [0.3, 0.4) is 0 Å². The Morgan fingerprint density at radius 3 is 1.78 bits per heavy atom. The fraction of sp³-hybridized carbons (Fsp3) is 0.471. The molecule has 0 aliphatic carbocycles. The van der Waals surface area contributed by atoms with Crippen molar-refractivity contribution in [2.45, 2.75) is 76.4 Å². The maximum Gasteiger partial charge on any atom is 0.117 e. The van der Waals surface area contributed by atoms with Gasteiger partial charge in [-0.2, -0.15) is 0 Å². The van der Waals surface area contributed by atoms with Crippen LogP contribution in [0.4, 0.5) is 0 Å². The van der Waals surface area contributed by atoms with Gasteiger partial charge in [-0.1, -0.05) is 119 Å². The molecule has 0 bridgehead atoms. The molecule has 1 heterocycles. The zero-order valence-corrected chi connectivity index (χ0v) is 22.9. The van der Waals surface area contributed by atoms with Gasteiger partial charge in [-0.05, 0) is 78.9 Å². The van der Waals surface area contributed by atoms with Crippen LogP contribution >= 0.6 is 0 Å². The van der Waals surface area contributed by atoms with E-state index in [0.717, 1.165) is 74.8 Å². The largest absolute Gasteiger partial charge is 0.388 e. The van der Waals surface area contributed by atoms with Crippen molar-refractivity contribution >= 4 is 0 Å². The molecule has 1 fully saturated rings. The molecule has 198 valence electrons. The summed E-state index contributed by atoms with van der Waals surface area (Å²) in [6.45, 7) is 9.79. The van der Waals surface area contributed by atoms with Gasteiger partial charge in [0, 0.05) is 0 Å². The molecule has 1 aliphatic heterocycles. The van der Waals surface area contributed by atoms with Gasteiger partial charge in [0.15, 0.2) is 0 Å². The number of likely N-dealkylation sites (tertiary alicyclic amines) is 1. The first-order valence-electron chi connectivity index (χ1n) is 14.1. The summed E-state index contributed by atoms with van der Waals surface area (Å²) in [6, 6.07) is 28.8. The normalized spacial score (nSPS) is 16.6. The van der Waals surface area contributed by atoms with Crippen LogP contribution in [0.2, 0.25) is 0 Å². The summed E-state index contributed by atoms with van der Waals surface area (Å²) in [7, 11) is 0. The molecule has 1 saturated heterocycles.